The van der Waals surface area contributed by atoms with Crippen molar-refractivity contribution < 1.29 is 23.9 Å². The number of halogens is 2. The monoisotopic (exact) mass is 495 g/mol. The average molecular weight is 496 g/mol. The van der Waals surface area contributed by atoms with Crippen LogP contribution in [0.1, 0.15) is 29.8 Å². The van der Waals surface area contributed by atoms with Gasteiger partial charge in [-0.3, -0.25) is 4.79 Å². The van der Waals surface area contributed by atoms with Crippen molar-refractivity contribution in [3.8, 4) is 11.1 Å². The van der Waals surface area contributed by atoms with Gasteiger partial charge in [-0.2, -0.15) is 0 Å². The van der Waals surface area contributed by atoms with Crippen LogP contribution in [0.15, 0.2) is 60.7 Å². The largest absolute Gasteiger partial charge is 0.480 e. The molecule has 3 N–H and O–H groups in total. The third-order valence-corrected chi connectivity index (χ3v) is 6.16. The Bertz CT molecular complexity index is 1330. The van der Waals surface area contributed by atoms with Gasteiger partial charge in [0.05, 0.1) is 16.4 Å². The molecule has 1 heterocycles. The number of para-hydroxylation sites is 1. The fourth-order valence-corrected chi connectivity index (χ4v) is 4.32. The number of hydrogen-bond acceptors (Lipinski definition) is 3. The Morgan fingerprint density at radius 1 is 1.00 bits per heavy atom. The number of hydrogen-bond donors (Lipinski definition) is 3. The van der Waals surface area contributed by atoms with E-state index in [1.165, 1.54) is 17.0 Å². The summed E-state index contributed by atoms with van der Waals surface area (Å²) >= 11 is 6.03. The van der Waals surface area contributed by atoms with Crippen LogP contribution >= 0.6 is 11.6 Å². The molecular formula is C26H23ClFN3O4. The first kappa shape index (κ1) is 24.2. The Hall–Kier alpha value is -3.91. The summed E-state index contributed by atoms with van der Waals surface area (Å²) in [6.45, 7) is 3.72. The Morgan fingerprint density at radius 3 is 2.31 bits per heavy atom. The summed E-state index contributed by atoms with van der Waals surface area (Å²) in [7, 11) is 0. The highest BCUT2D eigenvalue weighted by Gasteiger charge is 2.38. The van der Waals surface area contributed by atoms with Gasteiger partial charge >= 0.3 is 12.0 Å². The van der Waals surface area contributed by atoms with Crippen molar-refractivity contribution in [2.75, 3.05) is 10.6 Å². The molecule has 3 amide bonds. The summed E-state index contributed by atoms with van der Waals surface area (Å²) < 4.78 is 14.8. The van der Waals surface area contributed by atoms with Crippen LogP contribution in [-0.2, 0) is 11.3 Å². The summed E-state index contributed by atoms with van der Waals surface area (Å²) in [5.74, 6) is -2.33. The summed E-state index contributed by atoms with van der Waals surface area (Å²) in [5.41, 5.74) is 2.59. The first-order valence-electron chi connectivity index (χ1n) is 10.9. The lowest BCUT2D eigenvalue weighted by atomic mass is 10.00. The second-order valence-electron chi connectivity index (χ2n) is 8.59. The second kappa shape index (κ2) is 9.76. The third kappa shape index (κ3) is 4.97. The Kier molecular flexibility index (Phi) is 6.75. The number of fused-ring (bicyclic) bond motifs is 1. The molecule has 0 radical (unpaired) electrons. The Balaban J connectivity index is 1.52. The van der Waals surface area contributed by atoms with Crippen molar-refractivity contribution in [2.45, 2.75) is 26.4 Å². The minimum Gasteiger partial charge on any atom is -0.480 e. The van der Waals surface area contributed by atoms with Gasteiger partial charge < -0.3 is 20.6 Å². The minimum atomic E-state index is -1.05. The average Bonchev–Trinajstić information content (AvgIpc) is 3.11. The van der Waals surface area contributed by atoms with Crippen molar-refractivity contribution in [1.82, 2.24) is 4.90 Å². The normalized spacial score (nSPS) is 13.5. The number of carbonyl (C=O) groups is 3. The van der Waals surface area contributed by atoms with Crippen molar-refractivity contribution in [3.63, 3.8) is 0 Å². The number of nitrogens with one attached hydrogen (secondary N) is 2. The second-order valence-corrected chi connectivity index (χ2v) is 8.99. The van der Waals surface area contributed by atoms with Crippen LogP contribution in [0.25, 0.3) is 11.1 Å². The van der Waals surface area contributed by atoms with Crippen molar-refractivity contribution in [1.29, 1.82) is 0 Å². The van der Waals surface area contributed by atoms with Gasteiger partial charge in [0.25, 0.3) is 5.91 Å². The molecule has 0 aliphatic carbocycles. The molecule has 3 aromatic rings. The quantitative estimate of drug-likeness (QED) is 0.399. The SMILES string of the molecule is CC(C)C(C(=O)O)N1Cc2ccc(-c3ccc(NC(=O)Nc4ccccc4Cl)c(F)c3)cc2C1=O. The Morgan fingerprint density at radius 2 is 1.66 bits per heavy atom. The lowest BCUT2D eigenvalue weighted by molar-refractivity contribution is -0.144. The molecule has 35 heavy (non-hydrogen) atoms. The van der Waals surface area contributed by atoms with Crippen LogP contribution in [0.2, 0.25) is 5.02 Å². The van der Waals surface area contributed by atoms with E-state index in [9.17, 15) is 23.9 Å². The number of carboxylic acid groups (broad SMARTS) is 1. The number of amides is 3. The molecule has 0 saturated carbocycles. The lowest BCUT2D eigenvalue weighted by Gasteiger charge is -2.27. The predicted molar refractivity (Wildman–Crippen MR) is 132 cm³/mol. The van der Waals surface area contributed by atoms with Crippen molar-refractivity contribution >= 4 is 40.9 Å². The molecule has 1 aliphatic heterocycles. The van der Waals surface area contributed by atoms with Crippen LogP contribution in [-0.4, -0.2) is 34.0 Å². The van der Waals surface area contributed by atoms with Crippen LogP contribution in [0.5, 0.6) is 0 Å². The van der Waals surface area contributed by atoms with Gasteiger partial charge in [-0.1, -0.05) is 55.8 Å². The molecule has 7 nitrogen and oxygen atoms in total. The van der Waals surface area contributed by atoms with Gasteiger partial charge in [-0.25, -0.2) is 14.0 Å². The van der Waals surface area contributed by atoms with Crippen LogP contribution in [0.4, 0.5) is 20.6 Å². The topological polar surface area (TPSA) is 98.7 Å². The van der Waals surface area contributed by atoms with E-state index in [-0.39, 0.29) is 24.1 Å². The van der Waals surface area contributed by atoms with E-state index in [4.69, 9.17) is 11.6 Å². The van der Waals surface area contributed by atoms with Gasteiger partial charge in [-0.05, 0) is 52.9 Å². The molecule has 1 aliphatic rings. The van der Waals surface area contributed by atoms with E-state index in [1.807, 2.05) is 0 Å². The van der Waals surface area contributed by atoms with Gasteiger partial charge in [0.1, 0.15) is 11.9 Å². The van der Waals surface area contributed by atoms with Crippen LogP contribution < -0.4 is 10.6 Å². The molecule has 3 aromatic carbocycles. The highest BCUT2D eigenvalue weighted by Crippen LogP contribution is 2.32. The first-order valence-corrected chi connectivity index (χ1v) is 11.3. The molecule has 0 saturated heterocycles. The maximum Gasteiger partial charge on any atom is 0.326 e. The summed E-state index contributed by atoms with van der Waals surface area (Å²) in [6, 6.07) is 14.6. The van der Waals surface area contributed by atoms with E-state index in [0.717, 1.165) is 5.56 Å². The molecule has 1 atom stereocenters. The third-order valence-electron chi connectivity index (χ3n) is 5.83. The molecule has 9 heteroatoms. The van der Waals surface area contributed by atoms with Crippen LogP contribution in [0, 0.1) is 11.7 Å². The van der Waals surface area contributed by atoms with Gasteiger partial charge in [0.15, 0.2) is 0 Å². The zero-order chi connectivity index (χ0) is 25.3. The predicted octanol–water partition coefficient (Wildman–Crippen LogP) is 5.86. The number of benzene rings is 3. The lowest BCUT2D eigenvalue weighted by Crippen LogP contribution is -2.44. The van der Waals surface area contributed by atoms with Gasteiger partial charge in [0, 0.05) is 12.1 Å². The maximum absolute atomic E-state index is 14.8. The fraction of sp³-hybridized carbons (Fsp3) is 0.192. The number of anilines is 2. The number of carboxylic acids is 1. The number of nitrogens with zero attached hydrogens (tertiary/aromatic N) is 1. The number of urea groups is 1. The highest BCUT2D eigenvalue weighted by atomic mass is 35.5. The van der Waals surface area contributed by atoms with E-state index in [1.54, 1.807) is 62.4 Å². The number of rotatable bonds is 6. The zero-order valence-electron chi connectivity index (χ0n) is 19.0. The number of aliphatic carboxylic acids is 1. The number of carbonyl (C=O) groups excluding carboxylic acids is 2. The first-order chi connectivity index (χ1) is 16.7. The molecule has 180 valence electrons. The molecule has 4 rings (SSSR count). The molecular weight excluding hydrogens is 473 g/mol. The molecule has 0 fully saturated rings. The molecule has 1 unspecified atom stereocenters. The van der Waals surface area contributed by atoms with E-state index >= 15 is 0 Å². The van der Waals surface area contributed by atoms with Crippen LogP contribution in [0.3, 0.4) is 0 Å². The summed E-state index contributed by atoms with van der Waals surface area (Å²) in [6.07, 6.45) is 0. The molecule has 0 bridgehead atoms. The fourth-order valence-electron chi connectivity index (χ4n) is 4.14. The van der Waals surface area contributed by atoms with E-state index in [0.29, 0.717) is 27.4 Å². The molecule has 0 spiro atoms. The summed E-state index contributed by atoms with van der Waals surface area (Å²) in [5, 5.41) is 14.9. The van der Waals surface area contributed by atoms with Crippen molar-refractivity contribution in [3.05, 3.63) is 82.6 Å². The zero-order valence-corrected chi connectivity index (χ0v) is 19.8. The highest BCUT2D eigenvalue weighted by molar-refractivity contribution is 6.33. The maximum atomic E-state index is 14.8. The molecule has 0 aromatic heterocycles. The summed E-state index contributed by atoms with van der Waals surface area (Å²) in [4.78, 5) is 38.3. The van der Waals surface area contributed by atoms with Gasteiger partial charge in [0.2, 0.25) is 0 Å². The smallest absolute Gasteiger partial charge is 0.326 e. The Labute approximate surface area is 206 Å². The van der Waals surface area contributed by atoms with Crippen molar-refractivity contribution in [2.24, 2.45) is 5.92 Å². The van der Waals surface area contributed by atoms with Gasteiger partial charge in [-0.15, -0.1) is 0 Å². The minimum absolute atomic E-state index is 0.0250. The van der Waals surface area contributed by atoms with E-state index in [2.05, 4.69) is 10.6 Å². The van der Waals surface area contributed by atoms with E-state index < -0.39 is 23.9 Å². The standard InChI is InChI=1S/C26H23ClFN3O4/c1-14(2)23(25(33)34)31-13-17-8-7-15(11-18(17)24(31)32)16-9-10-22(20(28)12-16)30-26(35)29-21-6-4-3-5-19(21)27/h3-12,14,23H,13H2,1-2H3,(H,33,34)(H2,29,30,35).